The van der Waals surface area contributed by atoms with Gasteiger partial charge in [0.1, 0.15) is 18.2 Å². The minimum absolute atomic E-state index is 0.110. The van der Waals surface area contributed by atoms with Gasteiger partial charge in [-0.25, -0.2) is 22.7 Å². The van der Waals surface area contributed by atoms with Crippen LogP contribution in [0.3, 0.4) is 0 Å². The fourth-order valence-electron chi connectivity index (χ4n) is 3.28. The zero-order valence-electron chi connectivity index (χ0n) is 17.1. The van der Waals surface area contributed by atoms with Crippen LogP contribution in [0.1, 0.15) is 0 Å². The number of benzene rings is 2. The Bertz CT molecular complexity index is 1590. The average molecular weight is 483 g/mol. The fraction of sp³-hybridized carbons (Fsp3) is 0.0455. The second-order valence-corrected chi connectivity index (χ2v) is 7.59. The Morgan fingerprint density at radius 1 is 1.12 bits per heavy atom. The number of anilines is 1. The van der Waals surface area contributed by atoms with Gasteiger partial charge in [0.15, 0.2) is 5.65 Å². The second kappa shape index (κ2) is 8.52. The zero-order chi connectivity index (χ0) is 23.8. The van der Waals surface area contributed by atoms with Crippen LogP contribution in [0.25, 0.3) is 28.5 Å². The van der Waals surface area contributed by atoms with Crippen LogP contribution in [-0.2, 0) is 11.3 Å². The highest BCUT2D eigenvalue weighted by atomic mass is 35.5. The standard InChI is InChI=1S/C22H13ClF2N6O3/c23-13-5-3-12(4-6-13)19-27-21(34-29-19)15-2-1-9-30-20(15)28-31(22(30)33)11-18(32)26-17-10-14(24)7-8-16(17)25/h1-10H,11H2,(H,26,32). The van der Waals surface area contributed by atoms with Crippen molar-refractivity contribution in [3.05, 3.63) is 87.9 Å². The molecule has 0 saturated carbocycles. The third-order valence-corrected chi connectivity index (χ3v) is 5.12. The van der Waals surface area contributed by atoms with Crippen molar-refractivity contribution >= 4 is 28.8 Å². The Morgan fingerprint density at radius 3 is 2.71 bits per heavy atom. The molecule has 2 aromatic carbocycles. The smallest absolute Gasteiger partial charge is 0.333 e. The molecule has 9 nitrogen and oxygen atoms in total. The summed E-state index contributed by atoms with van der Waals surface area (Å²) in [6.07, 6.45) is 1.46. The summed E-state index contributed by atoms with van der Waals surface area (Å²) in [7, 11) is 0. The van der Waals surface area contributed by atoms with Crippen molar-refractivity contribution in [1.29, 1.82) is 0 Å². The Morgan fingerprint density at radius 2 is 1.91 bits per heavy atom. The first-order valence-corrected chi connectivity index (χ1v) is 10.2. The number of rotatable bonds is 5. The van der Waals surface area contributed by atoms with Crippen molar-refractivity contribution in [2.75, 3.05) is 5.32 Å². The minimum Gasteiger partial charge on any atom is -0.333 e. The molecule has 0 aliphatic carbocycles. The molecule has 5 aromatic rings. The van der Waals surface area contributed by atoms with Crippen LogP contribution in [0.4, 0.5) is 14.5 Å². The number of nitrogens with zero attached hydrogens (tertiary/aromatic N) is 5. The molecular formula is C22H13ClF2N6O3. The second-order valence-electron chi connectivity index (χ2n) is 7.16. The van der Waals surface area contributed by atoms with Gasteiger partial charge in [-0.1, -0.05) is 16.8 Å². The summed E-state index contributed by atoms with van der Waals surface area (Å²) in [5, 5.41) is 10.9. The van der Waals surface area contributed by atoms with Gasteiger partial charge >= 0.3 is 5.69 Å². The van der Waals surface area contributed by atoms with Crippen molar-refractivity contribution in [1.82, 2.24) is 24.3 Å². The Balaban J connectivity index is 1.45. The SMILES string of the molecule is O=C(Cn1nc2c(-c3nc(-c4ccc(Cl)cc4)no3)cccn2c1=O)Nc1cc(F)ccc1F. The highest BCUT2D eigenvalue weighted by Gasteiger charge is 2.19. The lowest BCUT2D eigenvalue weighted by atomic mass is 10.2. The minimum atomic E-state index is -0.813. The topological polar surface area (TPSA) is 107 Å². The molecule has 3 aromatic heterocycles. The highest BCUT2D eigenvalue weighted by Crippen LogP contribution is 2.25. The van der Waals surface area contributed by atoms with E-state index in [2.05, 4.69) is 20.6 Å². The van der Waals surface area contributed by atoms with Gasteiger partial charge in [0.05, 0.1) is 11.3 Å². The molecule has 0 radical (unpaired) electrons. The van der Waals surface area contributed by atoms with Crippen molar-refractivity contribution in [3.63, 3.8) is 0 Å². The number of aromatic nitrogens is 5. The number of pyridine rings is 1. The number of fused-ring (bicyclic) bond motifs is 1. The van der Waals surface area contributed by atoms with Crippen molar-refractivity contribution in [2.24, 2.45) is 0 Å². The van der Waals surface area contributed by atoms with Gasteiger partial charge in [-0.05, 0) is 48.5 Å². The van der Waals surface area contributed by atoms with E-state index in [1.807, 2.05) is 0 Å². The Hall–Kier alpha value is -4.38. The molecule has 0 atom stereocenters. The predicted octanol–water partition coefficient (Wildman–Crippen LogP) is 3.78. The molecule has 0 spiro atoms. The molecule has 0 saturated heterocycles. The number of carbonyl (C=O) groups excluding carboxylic acids is 1. The van der Waals surface area contributed by atoms with E-state index in [4.69, 9.17) is 16.1 Å². The van der Waals surface area contributed by atoms with Crippen LogP contribution in [-0.4, -0.2) is 30.2 Å². The summed E-state index contributed by atoms with van der Waals surface area (Å²) in [6, 6.07) is 12.7. The summed E-state index contributed by atoms with van der Waals surface area (Å²) < 4.78 is 34.6. The number of hydrogen-bond acceptors (Lipinski definition) is 6. The third kappa shape index (κ3) is 4.04. The summed E-state index contributed by atoms with van der Waals surface area (Å²) in [6.45, 7) is -0.532. The molecule has 0 unspecified atom stereocenters. The molecule has 0 bridgehead atoms. The van der Waals surface area contributed by atoms with Crippen LogP contribution < -0.4 is 11.0 Å². The maximum atomic E-state index is 13.8. The van der Waals surface area contributed by atoms with E-state index in [-0.39, 0.29) is 17.2 Å². The van der Waals surface area contributed by atoms with Gasteiger partial charge in [0.2, 0.25) is 11.7 Å². The first-order chi connectivity index (χ1) is 16.4. The number of nitrogens with one attached hydrogen (secondary N) is 1. The molecule has 12 heteroatoms. The maximum absolute atomic E-state index is 13.8. The molecule has 1 N–H and O–H groups in total. The lowest BCUT2D eigenvalue weighted by Crippen LogP contribution is -2.28. The van der Waals surface area contributed by atoms with Gasteiger partial charge in [-0.3, -0.25) is 4.79 Å². The van der Waals surface area contributed by atoms with E-state index in [9.17, 15) is 18.4 Å². The molecule has 0 aliphatic rings. The lowest BCUT2D eigenvalue weighted by molar-refractivity contribution is -0.117. The Kier molecular flexibility index (Phi) is 5.38. The first-order valence-electron chi connectivity index (χ1n) is 9.82. The van der Waals surface area contributed by atoms with E-state index < -0.39 is 29.8 Å². The molecule has 0 fully saturated rings. The third-order valence-electron chi connectivity index (χ3n) is 4.86. The predicted molar refractivity (Wildman–Crippen MR) is 118 cm³/mol. The molecule has 0 aliphatic heterocycles. The molecule has 5 rings (SSSR count). The summed E-state index contributed by atoms with van der Waals surface area (Å²) >= 11 is 5.91. The Labute approximate surface area is 194 Å². The van der Waals surface area contributed by atoms with Gasteiger partial charge in [0.25, 0.3) is 5.89 Å². The van der Waals surface area contributed by atoms with Crippen molar-refractivity contribution < 1.29 is 18.1 Å². The van der Waals surface area contributed by atoms with Gasteiger partial charge in [-0.15, -0.1) is 5.10 Å². The van der Waals surface area contributed by atoms with E-state index in [1.54, 1.807) is 36.4 Å². The number of carbonyl (C=O) groups is 1. The molecule has 170 valence electrons. The van der Waals surface area contributed by atoms with E-state index in [1.165, 1.54) is 10.6 Å². The lowest BCUT2D eigenvalue weighted by Gasteiger charge is -2.05. The molecular weight excluding hydrogens is 470 g/mol. The van der Waals surface area contributed by atoms with Crippen LogP contribution in [0, 0.1) is 11.6 Å². The van der Waals surface area contributed by atoms with Crippen LogP contribution in [0.5, 0.6) is 0 Å². The van der Waals surface area contributed by atoms with Crippen molar-refractivity contribution in [3.8, 4) is 22.8 Å². The van der Waals surface area contributed by atoms with E-state index in [0.29, 0.717) is 22.0 Å². The van der Waals surface area contributed by atoms with Gasteiger partial charge < -0.3 is 9.84 Å². The van der Waals surface area contributed by atoms with Gasteiger partial charge in [0, 0.05) is 22.8 Å². The van der Waals surface area contributed by atoms with Crippen LogP contribution in [0.15, 0.2) is 70.1 Å². The maximum Gasteiger partial charge on any atom is 0.350 e. The number of halogens is 3. The van der Waals surface area contributed by atoms with Crippen molar-refractivity contribution in [2.45, 2.75) is 6.54 Å². The molecule has 3 heterocycles. The first kappa shape index (κ1) is 21.5. The molecule has 34 heavy (non-hydrogen) atoms. The number of amides is 1. The fourth-order valence-corrected chi connectivity index (χ4v) is 3.40. The zero-order valence-corrected chi connectivity index (χ0v) is 17.8. The summed E-state index contributed by atoms with van der Waals surface area (Å²) in [5.74, 6) is -1.87. The number of hydrogen-bond donors (Lipinski definition) is 1. The van der Waals surface area contributed by atoms with Crippen LogP contribution in [0.2, 0.25) is 5.02 Å². The van der Waals surface area contributed by atoms with E-state index >= 15 is 0 Å². The average Bonchev–Trinajstić information content (AvgIpc) is 3.42. The summed E-state index contributed by atoms with van der Waals surface area (Å²) in [4.78, 5) is 29.5. The quantitative estimate of drug-likeness (QED) is 0.408. The van der Waals surface area contributed by atoms with Crippen LogP contribution >= 0.6 is 11.6 Å². The van der Waals surface area contributed by atoms with Gasteiger partial charge in [-0.2, -0.15) is 4.98 Å². The largest absolute Gasteiger partial charge is 0.350 e. The molecule has 1 amide bonds. The monoisotopic (exact) mass is 482 g/mol. The van der Waals surface area contributed by atoms with E-state index in [0.717, 1.165) is 22.9 Å². The highest BCUT2D eigenvalue weighted by molar-refractivity contribution is 6.30. The normalized spacial score (nSPS) is 11.1. The summed E-state index contributed by atoms with van der Waals surface area (Å²) in [5.41, 5.74) is 0.244.